The van der Waals surface area contributed by atoms with Gasteiger partial charge in [0.05, 0.1) is 10.6 Å². The number of hydrogen-bond acceptors (Lipinski definition) is 4. The summed E-state index contributed by atoms with van der Waals surface area (Å²) in [4.78, 5) is 28.8. The third kappa shape index (κ3) is 7.69. The first kappa shape index (κ1) is 29.9. The lowest BCUT2D eigenvalue weighted by molar-refractivity contribution is -0.140. The Hall–Kier alpha value is -3.65. The highest BCUT2D eigenvalue weighted by Gasteiger charge is 2.33. The molecule has 39 heavy (non-hydrogen) atoms. The van der Waals surface area contributed by atoms with E-state index < -0.39 is 28.5 Å². The fourth-order valence-electron chi connectivity index (χ4n) is 4.44. The van der Waals surface area contributed by atoms with Gasteiger partial charge in [-0.3, -0.25) is 13.9 Å². The molecule has 0 aliphatic heterocycles. The summed E-state index contributed by atoms with van der Waals surface area (Å²) in [5.41, 5.74) is 3.35. The normalized spacial score (nSPS) is 12.0. The summed E-state index contributed by atoms with van der Waals surface area (Å²) in [6, 6.07) is 22.3. The smallest absolute Gasteiger partial charge is 0.264 e. The number of amides is 2. The van der Waals surface area contributed by atoms with E-state index in [1.807, 2.05) is 64.1 Å². The Balaban J connectivity index is 2.04. The molecule has 7 nitrogen and oxygen atoms in total. The van der Waals surface area contributed by atoms with Crippen molar-refractivity contribution in [2.75, 3.05) is 17.4 Å². The lowest BCUT2D eigenvalue weighted by Gasteiger charge is -2.33. The number of sulfonamides is 1. The molecule has 0 aliphatic rings. The predicted octanol–water partition coefficient (Wildman–Crippen LogP) is 5.09. The second kappa shape index (κ2) is 13.9. The van der Waals surface area contributed by atoms with E-state index in [4.69, 9.17) is 0 Å². The monoisotopic (exact) mass is 549 g/mol. The largest absolute Gasteiger partial charge is 0.354 e. The molecule has 0 aromatic heterocycles. The quantitative estimate of drug-likeness (QED) is 0.322. The molecule has 1 N–H and O–H groups in total. The standard InChI is InChI=1S/C31H39N3O4S/c1-5-20-32-31(36)29(7-3)33(22-26-13-11-12-24(4)21-26)30(35)23-34(27-18-16-25(6-2)17-19-27)39(37,38)28-14-9-8-10-15-28/h8-19,21,29H,5-7,20,22-23H2,1-4H3,(H,32,36). The van der Waals surface area contributed by atoms with Crippen molar-refractivity contribution in [3.63, 3.8) is 0 Å². The van der Waals surface area contributed by atoms with Crippen molar-refractivity contribution in [1.82, 2.24) is 10.2 Å². The molecule has 0 spiro atoms. The van der Waals surface area contributed by atoms with Crippen molar-refractivity contribution in [2.45, 2.75) is 64.4 Å². The average molecular weight is 550 g/mol. The summed E-state index contributed by atoms with van der Waals surface area (Å²) in [6.07, 6.45) is 1.97. The van der Waals surface area contributed by atoms with E-state index in [2.05, 4.69) is 5.32 Å². The maximum Gasteiger partial charge on any atom is 0.264 e. The first-order chi connectivity index (χ1) is 18.7. The van der Waals surface area contributed by atoms with Gasteiger partial charge in [0.25, 0.3) is 10.0 Å². The molecule has 0 aliphatic carbocycles. The van der Waals surface area contributed by atoms with Crippen LogP contribution in [0.4, 0.5) is 5.69 Å². The Labute approximate surface area is 232 Å². The number of nitrogens with zero attached hydrogens (tertiary/aromatic N) is 2. The van der Waals surface area contributed by atoms with Crippen molar-refractivity contribution in [3.05, 3.63) is 95.6 Å². The van der Waals surface area contributed by atoms with E-state index in [1.54, 1.807) is 30.3 Å². The zero-order chi connectivity index (χ0) is 28.4. The molecule has 208 valence electrons. The fraction of sp³-hybridized carbons (Fsp3) is 0.355. The molecule has 8 heteroatoms. The van der Waals surface area contributed by atoms with Crippen molar-refractivity contribution >= 4 is 27.5 Å². The van der Waals surface area contributed by atoms with Gasteiger partial charge in [-0.15, -0.1) is 0 Å². The van der Waals surface area contributed by atoms with Crippen LogP contribution in [0.15, 0.2) is 83.8 Å². The van der Waals surface area contributed by atoms with Gasteiger partial charge in [0.2, 0.25) is 11.8 Å². The Morgan fingerprint density at radius 2 is 1.56 bits per heavy atom. The highest BCUT2D eigenvalue weighted by molar-refractivity contribution is 7.92. The molecule has 1 unspecified atom stereocenters. The molecule has 0 bridgehead atoms. The topological polar surface area (TPSA) is 86.8 Å². The summed E-state index contributed by atoms with van der Waals surface area (Å²) in [5, 5.41) is 2.90. The second-order valence-corrected chi connectivity index (χ2v) is 11.4. The predicted molar refractivity (Wildman–Crippen MR) is 156 cm³/mol. The maximum atomic E-state index is 14.0. The zero-order valence-corrected chi connectivity index (χ0v) is 24.1. The van der Waals surface area contributed by atoms with Crippen molar-refractivity contribution in [1.29, 1.82) is 0 Å². The van der Waals surface area contributed by atoms with Crippen molar-refractivity contribution in [2.24, 2.45) is 0 Å². The lowest BCUT2D eigenvalue weighted by atomic mass is 10.1. The Kier molecular flexibility index (Phi) is 10.7. The molecule has 3 aromatic carbocycles. The third-order valence-electron chi connectivity index (χ3n) is 6.61. The van der Waals surface area contributed by atoms with Gasteiger partial charge in [-0.25, -0.2) is 8.42 Å². The van der Waals surface area contributed by atoms with Crippen LogP contribution in [-0.4, -0.2) is 44.3 Å². The van der Waals surface area contributed by atoms with Crippen LogP contribution in [0.1, 0.15) is 50.3 Å². The van der Waals surface area contributed by atoms with Gasteiger partial charge < -0.3 is 10.2 Å². The number of rotatable bonds is 13. The molecule has 3 aromatic rings. The zero-order valence-electron chi connectivity index (χ0n) is 23.3. The first-order valence-corrected chi connectivity index (χ1v) is 14.9. The molecule has 0 saturated heterocycles. The molecule has 0 radical (unpaired) electrons. The van der Waals surface area contributed by atoms with E-state index in [1.165, 1.54) is 17.0 Å². The number of aryl methyl sites for hydroxylation is 2. The average Bonchev–Trinajstić information content (AvgIpc) is 2.95. The van der Waals surface area contributed by atoms with Gasteiger partial charge in [0, 0.05) is 13.1 Å². The van der Waals surface area contributed by atoms with E-state index in [9.17, 15) is 18.0 Å². The number of hydrogen-bond donors (Lipinski definition) is 1. The molecule has 0 fully saturated rings. The van der Waals surface area contributed by atoms with Crippen LogP contribution in [0.2, 0.25) is 0 Å². The highest BCUT2D eigenvalue weighted by atomic mass is 32.2. The van der Waals surface area contributed by atoms with Crippen LogP contribution in [0.3, 0.4) is 0 Å². The molecule has 3 rings (SSSR count). The first-order valence-electron chi connectivity index (χ1n) is 13.5. The molecular weight excluding hydrogens is 510 g/mol. The van der Waals surface area contributed by atoms with Crippen molar-refractivity contribution < 1.29 is 18.0 Å². The van der Waals surface area contributed by atoms with Crippen LogP contribution in [0, 0.1) is 6.92 Å². The minimum Gasteiger partial charge on any atom is -0.354 e. The van der Waals surface area contributed by atoms with Gasteiger partial charge in [-0.05, 0) is 61.6 Å². The van der Waals surface area contributed by atoms with Crippen LogP contribution in [-0.2, 0) is 32.6 Å². The summed E-state index contributed by atoms with van der Waals surface area (Å²) >= 11 is 0. The van der Waals surface area contributed by atoms with E-state index >= 15 is 0 Å². The number of benzene rings is 3. The van der Waals surface area contributed by atoms with Crippen molar-refractivity contribution in [3.8, 4) is 0 Å². The van der Waals surface area contributed by atoms with Crippen LogP contribution in [0.5, 0.6) is 0 Å². The van der Waals surface area contributed by atoms with Gasteiger partial charge in [-0.1, -0.05) is 80.9 Å². The minimum absolute atomic E-state index is 0.0929. The van der Waals surface area contributed by atoms with E-state index in [0.717, 1.165) is 33.8 Å². The van der Waals surface area contributed by atoms with Crippen LogP contribution >= 0.6 is 0 Å². The molecule has 0 heterocycles. The van der Waals surface area contributed by atoms with Crippen LogP contribution in [0.25, 0.3) is 0 Å². The summed E-state index contributed by atoms with van der Waals surface area (Å²) in [7, 11) is -4.06. The second-order valence-electron chi connectivity index (χ2n) is 9.57. The minimum atomic E-state index is -4.06. The molecule has 0 saturated carbocycles. The number of carbonyl (C=O) groups is 2. The maximum absolute atomic E-state index is 14.0. The Morgan fingerprint density at radius 1 is 0.872 bits per heavy atom. The molecule has 2 amide bonds. The number of nitrogens with one attached hydrogen (secondary N) is 1. The van der Waals surface area contributed by atoms with E-state index in [0.29, 0.717) is 18.7 Å². The third-order valence-corrected chi connectivity index (χ3v) is 8.40. The summed E-state index contributed by atoms with van der Waals surface area (Å²) < 4.78 is 28.8. The van der Waals surface area contributed by atoms with Crippen LogP contribution < -0.4 is 9.62 Å². The highest BCUT2D eigenvalue weighted by Crippen LogP contribution is 2.25. The number of carbonyl (C=O) groups excluding carboxylic acids is 2. The Morgan fingerprint density at radius 3 is 2.15 bits per heavy atom. The number of anilines is 1. The molecule has 1 atom stereocenters. The van der Waals surface area contributed by atoms with Gasteiger partial charge >= 0.3 is 0 Å². The van der Waals surface area contributed by atoms with Gasteiger partial charge in [0.1, 0.15) is 12.6 Å². The summed E-state index contributed by atoms with van der Waals surface area (Å²) in [5.74, 6) is -0.695. The van der Waals surface area contributed by atoms with E-state index in [-0.39, 0.29) is 17.3 Å². The Bertz CT molecular complexity index is 1340. The fourth-order valence-corrected chi connectivity index (χ4v) is 5.87. The lowest BCUT2D eigenvalue weighted by Crippen LogP contribution is -2.52. The summed E-state index contributed by atoms with van der Waals surface area (Å²) in [6.45, 7) is 8.06. The SMILES string of the molecule is CCCNC(=O)C(CC)N(Cc1cccc(C)c1)C(=O)CN(c1ccc(CC)cc1)S(=O)(=O)c1ccccc1. The van der Waals surface area contributed by atoms with Gasteiger partial charge in [0.15, 0.2) is 0 Å². The molecular formula is C31H39N3O4S. The van der Waals surface area contributed by atoms with Gasteiger partial charge in [-0.2, -0.15) is 0 Å².